The van der Waals surface area contributed by atoms with Gasteiger partial charge in [-0.1, -0.05) is 6.07 Å². The van der Waals surface area contributed by atoms with Gasteiger partial charge in [-0.2, -0.15) is 0 Å². The Balaban J connectivity index is 2.05. The molecule has 2 aliphatic rings. The molecule has 84 valence electrons. The lowest BCUT2D eigenvalue weighted by Crippen LogP contribution is -2.30. The smallest absolute Gasteiger partial charge is 0.269 e. The normalized spacial score (nSPS) is 23.9. The Hall–Kier alpha value is -1.42. The molecule has 0 saturated carbocycles. The number of hydrogen-bond acceptors (Lipinski definition) is 3. The van der Waals surface area contributed by atoms with Crippen molar-refractivity contribution in [1.82, 2.24) is 4.90 Å². The third-order valence-corrected chi connectivity index (χ3v) is 3.73. The number of benzene rings is 1. The first-order valence-electron chi connectivity index (χ1n) is 5.77. The van der Waals surface area contributed by atoms with E-state index in [1.165, 1.54) is 17.5 Å². The van der Waals surface area contributed by atoms with Gasteiger partial charge in [0, 0.05) is 24.7 Å². The lowest BCUT2D eigenvalue weighted by atomic mass is 9.92. The minimum atomic E-state index is -0.297. The standard InChI is InChI=1S/C12H14N2O2/c15-14(16)10-4-3-9-5-7-13-6-1-2-12(13)11(9)8-10/h3-4,8,12H,1-2,5-7H2. The molecule has 2 aliphatic heterocycles. The van der Waals surface area contributed by atoms with Gasteiger partial charge < -0.3 is 0 Å². The Labute approximate surface area is 94.0 Å². The summed E-state index contributed by atoms with van der Waals surface area (Å²) in [5.41, 5.74) is 2.72. The summed E-state index contributed by atoms with van der Waals surface area (Å²) in [7, 11) is 0. The topological polar surface area (TPSA) is 46.4 Å². The van der Waals surface area contributed by atoms with Crippen LogP contribution in [0.5, 0.6) is 0 Å². The number of hydrogen-bond donors (Lipinski definition) is 0. The predicted molar refractivity (Wildman–Crippen MR) is 60.3 cm³/mol. The van der Waals surface area contributed by atoms with E-state index < -0.39 is 0 Å². The van der Waals surface area contributed by atoms with Crippen LogP contribution in [0.1, 0.15) is 30.0 Å². The first-order valence-corrected chi connectivity index (χ1v) is 5.77. The predicted octanol–water partition coefficient (Wildman–Crippen LogP) is 2.29. The van der Waals surface area contributed by atoms with Crippen molar-refractivity contribution in [1.29, 1.82) is 0 Å². The lowest BCUT2D eigenvalue weighted by Gasteiger charge is -2.31. The first kappa shape index (κ1) is 9.78. The van der Waals surface area contributed by atoms with Crippen molar-refractivity contribution in [3.05, 3.63) is 39.4 Å². The quantitative estimate of drug-likeness (QED) is 0.536. The first-order chi connectivity index (χ1) is 7.75. The van der Waals surface area contributed by atoms with Gasteiger partial charge in [0.1, 0.15) is 0 Å². The van der Waals surface area contributed by atoms with Crippen molar-refractivity contribution < 1.29 is 4.92 Å². The van der Waals surface area contributed by atoms with Crippen molar-refractivity contribution in [3.8, 4) is 0 Å². The van der Waals surface area contributed by atoms with Crippen molar-refractivity contribution in [2.75, 3.05) is 13.1 Å². The van der Waals surface area contributed by atoms with Gasteiger partial charge in [-0.15, -0.1) is 0 Å². The Morgan fingerprint density at radius 1 is 1.38 bits per heavy atom. The van der Waals surface area contributed by atoms with E-state index in [9.17, 15) is 10.1 Å². The fourth-order valence-corrected chi connectivity index (χ4v) is 2.94. The van der Waals surface area contributed by atoms with Gasteiger partial charge in [0.05, 0.1) is 4.92 Å². The molecule has 0 bridgehead atoms. The van der Waals surface area contributed by atoms with E-state index in [2.05, 4.69) is 4.90 Å². The van der Waals surface area contributed by atoms with Crippen LogP contribution < -0.4 is 0 Å². The number of nitro benzene ring substituents is 1. The SMILES string of the molecule is O=[N+]([O-])c1ccc2c(c1)C1CCCN1CC2. The van der Waals surface area contributed by atoms with Crippen LogP contribution >= 0.6 is 0 Å². The van der Waals surface area contributed by atoms with Gasteiger partial charge in [-0.05, 0) is 36.9 Å². The summed E-state index contributed by atoms with van der Waals surface area (Å²) < 4.78 is 0. The van der Waals surface area contributed by atoms with Gasteiger partial charge in [0.15, 0.2) is 0 Å². The molecule has 1 aromatic carbocycles. The average molecular weight is 218 g/mol. The van der Waals surface area contributed by atoms with E-state index in [0.29, 0.717) is 6.04 Å². The zero-order valence-electron chi connectivity index (χ0n) is 9.06. The summed E-state index contributed by atoms with van der Waals surface area (Å²) in [6.45, 7) is 2.25. The molecule has 1 aromatic rings. The second-order valence-corrected chi connectivity index (χ2v) is 4.58. The van der Waals surface area contributed by atoms with Crippen LogP contribution in [-0.2, 0) is 6.42 Å². The van der Waals surface area contributed by atoms with Crippen LogP contribution in [0.25, 0.3) is 0 Å². The van der Waals surface area contributed by atoms with Crippen LogP contribution in [0.15, 0.2) is 18.2 Å². The van der Waals surface area contributed by atoms with E-state index in [-0.39, 0.29) is 10.6 Å². The van der Waals surface area contributed by atoms with Gasteiger partial charge in [0.25, 0.3) is 5.69 Å². The third kappa shape index (κ3) is 1.41. The highest BCUT2D eigenvalue weighted by Gasteiger charge is 2.31. The minimum absolute atomic E-state index is 0.229. The number of nitrogens with zero attached hydrogens (tertiary/aromatic N) is 2. The second kappa shape index (κ2) is 3.56. The van der Waals surface area contributed by atoms with Crippen LogP contribution in [0, 0.1) is 10.1 Å². The summed E-state index contributed by atoms with van der Waals surface area (Å²) in [5, 5.41) is 10.8. The summed E-state index contributed by atoms with van der Waals surface area (Å²) >= 11 is 0. The second-order valence-electron chi connectivity index (χ2n) is 4.58. The largest absolute Gasteiger partial charge is 0.296 e. The highest BCUT2D eigenvalue weighted by molar-refractivity contribution is 5.43. The Morgan fingerprint density at radius 3 is 3.06 bits per heavy atom. The fraction of sp³-hybridized carbons (Fsp3) is 0.500. The molecule has 0 aliphatic carbocycles. The summed E-state index contributed by atoms with van der Waals surface area (Å²) in [6.07, 6.45) is 3.39. The minimum Gasteiger partial charge on any atom is -0.296 e. The van der Waals surface area contributed by atoms with Crippen LogP contribution in [0.4, 0.5) is 5.69 Å². The molecule has 1 saturated heterocycles. The molecule has 0 spiro atoms. The van der Waals surface area contributed by atoms with E-state index in [1.54, 1.807) is 12.1 Å². The van der Waals surface area contributed by atoms with Crippen molar-refractivity contribution >= 4 is 5.69 Å². The summed E-state index contributed by atoms with van der Waals surface area (Å²) in [5.74, 6) is 0. The molecule has 0 amide bonds. The maximum absolute atomic E-state index is 10.8. The molecule has 0 aromatic heterocycles. The number of non-ortho nitro benzene ring substituents is 1. The molecule has 4 nitrogen and oxygen atoms in total. The van der Waals surface area contributed by atoms with E-state index in [1.807, 2.05) is 6.07 Å². The van der Waals surface area contributed by atoms with Gasteiger partial charge in [0.2, 0.25) is 0 Å². The third-order valence-electron chi connectivity index (χ3n) is 3.73. The van der Waals surface area contributed by atoms with Gasteiger partial charge in [-0.25, -0.2) is 0 Å². The van der Waals surface area contributed by atoms with Crippen molar-refractivity contribution in [3.63, 3.8) is 0 Å². The molecule has 2 heterocycles. The highest BCUT2D eigenvalue weighted by atomic mass is 16.6. The number of rotatable bonds is 1. The molecule has 0 N–H and O–H groups in total. The van der Waals surface area contributed by atoms with Gasteiger partial charge in [-0.3, -0.25) is 15.0 Å². The number of nitro groups is 1. The van der Waals surface area contributed by atoms with E-state index in [4.69, 9.17) is 0 Å². The van der Waals surface area contributed by atoms with Gasteiger partial charge >= 0.3 is 0 Å². The van der Waals surface area contributed by atoms with E-state index >= 15 is 0 Å². The molecule has 3 rings (SSSR count). The highest BCUT2D eigenvalue weighted by Crippen LogP contribution is 2.38. The zero-order chi connectivity index (χ0) is 11.1. The molecular weight excluding hydrogens is 204 g/mol. The molecule has 1 atom stereocenters. The van der Waals surface area contributed by atoms with Crippen LogP contribution in [0.3, 0.4) is 0 Å². The molecule has 4 heteroatoms. The Morgan fingerprint density at radius 2 is 2.25 bits per heavy atom. The molecule has 1 unspecified atom stereocenters. The van der Waals surface area contributed by atoms with Crippen LogP contribution in [0.2, 0.25) is 0 Å². The maximum Gasteiger partial charge on any atom is 0.269 e. The Bertz CT molecular complexity index is 445. The fourth-order valence-electron chi connectivity index (χ4n) is 2.94. The zero-order valence-corrected chi connectivity index (χ0v) is 9.06. The molecule has 0 radical (unpaired) electrons. The monoisotopic (exact) mass is 218 g/mol. The summed E-state index contributed by atoms with van der Waals surface area (Å²) in [6, 6.07) is 5.77. The van der Waals surface area contributed by atoms with Crippen molar-refractivity contribution in [2.45, 2.75) is 25.3 Å². The molecule has 16 heavy (non-hydrogen) atoms. The summed E-state index contributed by atoms with van der Waals surface area (Å²) in [4.78, 5) is 12.9. The van der Waals surface area contributed by atoms with E-state index in [0.717, 1.165) is 25.9 Å². The van der Waals surface area contributed by atoms with Crippen LogP contribution in [-0.4, -0.2) is 22.9 Å². The number of fused-ring (bicyclic) bond motifs is 3. The molecular formula is C12H14N2O2. The molecule has 1 fully saturated rings. The maximum atomic E-state index is 10.8. The van der Waals surface area contributed by atoms with Crippen molar-refractivity contribution in [2.24, 2.45) is 0 Å². The lowest BCUT2D eigenvalue weighted by molar-refractivity contribution is -0.385. The average Bonchev–Trinajstić information content (AvgIpc) is 2.76. The Kier molecular flexibility index (Phi) is 2.17.